The molecule has 0 aliphatic heterocycles. The molecule has 4 rings (SSSR count). The van der Waals surface area contributed by atoms with Gasteiger partial charge in [0.25, 0.3) is 0 Å². The van der Waals surface area contributed by atoms with Crippen LogP contribution >= 0.6 is 24.0 Å². The van der Waals surface area contributed by atoms with Crippen molar-refractivity contribution in [1.29, 1.82) is 0 Å². The summed E-state index contributed by atoms with van der Waals surface area (Å²) in [4.78, 5) is 13.7. The van der Waals surface area contributed by atoms with Crippen LogP contribution in [-0.2, 0) is 0 Å². The monoisotopic (exact) mass is 454 g/mol. The highest BCUT2D eigenvalue weighted by Crippen LogP contribution is 2.24. The topological polar surface area (TPSA) is 41.1 Å². The van der Waals surface area contributed by atoms with Gasteiger partial charge in [-0.15, -0.1) is 11.8 Å². The molecule has 0 bridgehead atoms. The fourth-order valence-electron chi connectivity index (χ4n) is 3.19. The first-order valence-electron chi connectivity index (χ1n) is 10.2. The first-order chi connectivity index (χ1) is 15.7. The summed E-state index contributed by atoms with van der Waals surface area (Å²) in [6.45, 7) is 0. The molecule has 0 aliphatic carbocycles. The number of hydrogen-bond acceptors (Lipinski definition) is 3. The van der Waals surface area contributed by atoms with Gasteiger partial charge in [0.1, 0.15) is 0 Å². The van der Waals surface area contributed by atoms with Crippen LogP contribution in [-0.4, -0.2) is 16.6 Å². The van der Waals surface area contributed by atoms with Crippen LogP contribution < -0.4 is 10.6 Å². The minimum absolute atomic E-state index is 0.106. The average Bonchev–Trinajstić information content (AvgIpc) is 2.84. The molecule has 0 fully saturated rings. The standard InChI is InChI=1S/C27H22N2OS2/c30-26(22-16-14-21(15-17-22)20-8-3-1-4-9-20)19-32-25-13-7-12-24(18-25)29-27(31)28-23-10-5-2-6-11-23/h1-18H,19H2,(H2,28,29,31). The molecule has 158 valence electrons. The SMILES string of the molecule is O=C(CSc1cccc(NC(=S)Nc2ccccc2)c1)c1ccc(-c2ccccc2)cc1. The molecule has 3 nitrogen and oxygen atoms in total. The lowest BCUT2D eigenvalue weighted by Crippen LogP contribution is -2.18. The first-order valence-corrected chi connectivity index (χ1v) is 11.6. The summed E-state index contributed by atoms with van der Waals surface area (Å²) in [5, 5.41) is 6.87. The predicted octanol–water partition coefficient (Wildman–Crippen LogP) is 7.14. The zero-order valence-corrected chi connectivity index (χ0v) is 19.0. The second-order valence-electron chi connectivity index (χ2n) is 7.13. The van der Waals surface area contributed by atoms with Gasteiger partial charge in [0, 0.05) is 21.8 Å². The van der Waals surface area contributed by atoms with Crippen LogP contribution in [0.4, 0.5) is 11.4 Å². The fourth-order valence-corrected chi connectivity index (χ4v) is 4.28. The number of hydrogen-bond donors (Lipinski definition) is 2. The molecular formula is C27H22N2OS2. The van der Waals surface area contributed by atoms with E-state index in [0.29, 0.717) is 10.9 Å². The number of Topliss-reactive ketones (excluding diaryl/α,β-unsaturated/α-hetero) is 1. The van der Waals surface area contributed by atoms with Gasteiger partial charge < -0.3 is 10.6 Å². The highest BCUT2D eigenvalue weighted by Gasteiger charge is 2.08. The van der Waals surface area contributed by atoms with Crippen LogP contribution in [0.3, 0.4) is 0 Å². The second-order valence-corrected chi connectivity index (χ2v) is 8.59. The van der Waals surface area contributed by atoms with E-state index in [1.165, 1.54) is 11.8 Å². The number of nitrogens with one attached hydrogen (secondary N) is 2. The Kier molecular flexibility index (Phi) is 7.33. The van der Waals surface area contributed by atoms with Crippen molar-refractivity contribution in [2.45, 2.75) is 4.90 Å². The van der Waals surface area contributed by atoms with Crippen LogP contribution in [0.2, 0.25) is 0 Å². The summed E-state index contributed by atoms with van der Waals surface area (Å²) in [5.74, 6) is 0.482. The average molecular weight is 455 g/mol. The summed E-state index contributed by atoms with van der Waals surface area (Å²) in [6, 6.07) is 35.6. The van der Waals surface area contributed by atoms with Gasteiger partial charge in [-0.25, -0.2) is 0 Å². The van der Waals surface area contributed by atoms with Gasteiger partial charge in [0.15, 0.2) is 10.9 Å². The quantitative estimate of drug-likeness (QED) is 0.176. The van der Waals surface area contributed by atoms with Crippen molar-refractivity contribution in [2.24, 2.45) is 0 Å². The van der Waals surface area contributed by atoms with E-state index in [0.717, 1.165) is 33.0 Å². The molecule has 5 heteroatoms. The van der Waals surface area contributed by atoms with Crippen molar-refractivity contribution in [2.75, 3.05) is 16.4 Å². The number of rotatable bonds is 7. The predicted molar refractivity (Wildman–Crippen MR) is 140 cm³/mol. The van der Waals surface area contributed by atoms with Crippen molar-refractivity contribution in [1.82, 2.24) is 0 Å². The summed E-state index contributed by atoms with van der Waals surface area (Å²) in [5.41, 5.74) is 4.78. The summed E-state index contributed by atoms with van der Waals surface area (Å²) in [6.07, 6.45) is 0. The molecule has 0 atom stereocenters. The minimum atomic E-state index is 0.106. The Morgan fingerprint density at radius 2 is 1.28 bits per heavy atom. The molecule has 0 aliphatic rings. The third-order valence-electron chi connectivity index (χ3n) is 4.81. The smallest absolute Gasteiger partial charge is 0.175 e. The van der Waals surface area contributed by atoms with E-state index >= 15 is 0 Å². The van der Waals surface area contributed by atoms with E-state index in [2.05, 4.69) is 22.8 Å². The van der Waals surface area contributed by atoms with Crippen LogP contribution in [0.25, 0.3) is 11.1 Å². The molecule has 0 heterocycles. The third-order valence-corrected chi connectivity index (χ3v) is 6.01. The molecule has 0 saturated carbocycles. The molecule has 4 aromatic rings. The van der Waals surface area contributed by atoms with Gasteiger partial charge in [-0.2, -0.15) is 0 Å². The van der Waals surface area contributed by atoms with Gasteiger partial charge in [-0.05, 0) is 53.7 Å². The third kappa shape index (κ3) is 6.06. The summed E-state index contributed by atoms with van der Waals surface area (Å²) < 4.78 is 0. The Morgan fingerprint density at radius 1 is 0.688 bits per heavy atom. The lowest BCUT2D eigenvalue weighted by atomic mass is 10.0. The zero-order chi connectivity index (χ0) is 22.2. The number of benzene rings is 4. The lowest BCUT2D eigenvalue weighted by molar-refractivity contribution is 0.102. The van der Waals surface area contributed by atoms with Crippen molar-refractivity contribution in [3.63, 3.8) is 0 Å². The molecule has 0 saturated heterocycles. The molecule has 32 heavy (non-hydrogen) atoms. The molecular weight excluding hydrogens is 432 g/mol. The Balaban J connectivity index is 1.32. The first kappa shape index (κ1) is 21.8. The maximum absolute atomic E-state index is 12.7. The van der Waals surface area contributed by atoms with Gasteiger partial charge in [-0.1, -0.05) is 78.9 Å². The maximum atomic E-state index is 12.7. The van der Waals surface area contributed by atoms with E-state index < -0.39 is 0 Å². The zero-order valence-electron chi connectivity index (χ0n) is 17.3. The molecule has 0 radical (unpaired) electrons. The largest absolute Gasteiger partial charge is 0.332 e. The number of thioether (sulfide) groups is 1. The van der Waals surface area contributed by atoms with Crippen LogP contribution in [0, 0.1) is 0 Å². The van der Waals surface area contributed by atoms with Gasteiger partial charge in [0.05, 0.1) is 5.75 Å². The Morgan fingerprint density at radius 3 is 2.00 bits per heavy atom. The lowest BCUT2D eigenvalue weighted by Gasteiger charge is -2.11. The highest BCUT2D eigenvalue weighted by molar-refractivity contribution is 8.00. The van der Waals surface area contributed by atoms with E-state index in [1.807, 2.05) is 97.1 Å². The van der Waals surface area contributed by atoms with Crippen molar-refractivity contribution >= 4 is 46.3 Å². The molecule has 0 aromatic heterocycles. The number of carbonyl (C=O) groups is 1. The van der Waals surface area contributed by atoms with Crippen molar-refractivity contribution < 1.29 is 4.79 Å². The molecule has 4 aromatic carbocycles. The maximum Gasteiger partial charge on any atom is 0.175 e. The van der Waals surface area contributed by atoms with Gasteiger partial charge in [-0.3, -0.25) is 4.79 Å². The number of carbonyl (C=O) groups excluding carboxylic acids is 1. The highest BCUT2D eigenvalue weighted by atomic mass is 32.2. The fraction of sp³-hybridized carbons (Fsp3) is 0.0370. The van der Waals surface area contributed by atoms with Crippen LogP contribution in [0.1, 0.15) is 10.4 Å². The van der Waals surface area contributed by atoms with E-state index in [9.17, 15) is 4.79 Å². The van der Waals surface area contributed by atoms with E-state index in [4.69, 9.17) is 12.2 Å². The van der Waals surface area contributed by atoms with E-state index in [1.54, 1.807) is 0 Å². The van der Waals surface area contributed by atoms with Crippen LogP contribution in [0.5, 0.6) is 0 Å². The van der Waals surface area contributed by atoms with Crippen LogP contribution in [0.15, 0.2) is 114 Å². The molecule has 2 N–H and O–H groups in total. The Hall–Kier alpha value is -3.41. The molecule has 0 unspecified atom stereocenters. The van der Waals surface area contributed by atoms with Crippen molar-refractivity contribution in [3.8, 4) is 11.1 Å². The molecule has 0 spiro atoms. The van der Waals surface area contributed by atoms with E-state index in [-0.39, 0.29) is 5.78 Å². The van der Waals surface area contributed by atoms with Crippen molar-refractivity contribution in [3.05, 3.63) is 115 Å². The number of anilines is 2. The molecule has 0 amide bonds. The van der Waals surface area contributed by atoms with Gasteiger partial charge in [0.2, 0.25) is 0 Å². The number of ketones is 1. The summed E-state index contributed by atoms with van der Waals surface area (Å²) in [7, 11) is 0. The summed E-state index contributed by atoms with van der Waals surface area (Å²) >= 11 is 6.91. The van der Waals surface area contributed by atoms with Gasteiger partial charge >= 0.3 is 0 Å². The minimum Gasteiger partial charge on any atom is -0.332 e. The number of thiocarbonyl (C=S) groups is 1. The second kappa shape index (κ2) is 10.8. The Labute approximate surface area is 197 Å². The number of para-hydroxylation sites is 1. The Bertz CT molecular complexity index is 1190. The normalized spacial score (nSPS) is 10.4.